The van der Waals surface area contributed by atoms with Gasteiger partial charge in [-0.3, -0.25) is 14.4 Å². The molecule has 0 bridgehead atoms. The van der Waals surface area contributed by atoms with E-state index in [1.807, 2.05) is 11.0 Å². The molecule has 2 aromatic carbocycles. The zero-order chi connectivity index (χ0) is 23.4. The lowest BCUT2D eigenvalue weighted by Gasteiger charge is -2.32. The van der Waals surface area contributed by atoms with Crippen LogP contribution in [0.4, 0.5) is 5.13 Å². The first-order chi connectivity index (χ1) is 15.9. The van der Waals surface area contributed by atoms with Crippen LogP contribution in [-0.4, -0.2) is 72.7 Å². The van der Waals surface area contributed by atoms with E-state index in [0.29, 0.717) is 35.1 Å². The van der Waals surface area contributed by atoms with Crippen molar-refractivity contribution in [3.05, 3.63) is 53.6 Å². The fourth-order valence-corrected chi connectivity index (χ4v) is 4.64. The normalized spacial score (nSPS) is 14.3. The van der Waals surface area contributed by atoms with Gasteiger partial charge in [0.15, 0.2) is 10.9 Å². The van der Waals surface area contributed by atoms with Gasteiger partial charge in [-0.15, -0.1) is 0 Å². The first-order valence-corrected chi connectivity index (χ1v) is 11.6. The molecule has 33 heavy (non-hydrogen) atoms. The van der Waals surface area contributed by atoms with Gasteiger partial charge in [0.2, 0.25) is 5.91 Å². The highest BCUT2D eigenvalue weighted by Gasteiger charge is 2.21. The van der Waals surface area contributed by atoms with Crippen LogP contribution < -0.4 is 10.1 Å². The number of para-hydroxylation sites is 1. The molecule has 1 aromatic heterocycles. The molecule has 3 aromatic rings. The first kappa shape index (κ1) is 22.9. The third-order valence-corrected chi connectivity index (χ3v) is 6.59. The summed E-state index contributed by atoms with van der Waals surface area (Å²) in [5, 5.41) is 3.22. The van der Waals surface area contributed by atoms with Crippen molar-refractivity contribution >= 4 is 44.3 Å². The van der Waals surface area contributed by atoms with Gasteiger partial charge in [0, 0.05) is 44.6 Å². The number of piperazine rings is 1. The fraction of sp³-hybridized carbons (Fsp3) is 0.333. The zero-order valence-corrected chi connectivity index (χ0v) is 19.5. The lowest BCUT2D eigenvalue weighted by molar-refractivity contribution is -0.116. The van der Waals surface area contributed by atoms with Gasteiger partial charge < -0.3 is 19.9 Å². The van der Waals surface area contributed by atoms with Crippen molar-refractivity contribution in [1.29, 1.82) is 0 Å². The van der Waals surface area contributed by atoms with Crippen LogP contribution in [0.25, 0.3) is 10.2 Å². The Morgan fingerprint density at radius 2 is 1.82 bits per heavy atom. The predicted molar refractivity (Wildman–Crippen MR) is 128 cm³/mol. The van der Waals surface area contributed by atoms with Crippen molar-refractivity contribution in [3.63, 3.8) is 0 Å². The van der Waals surface area contributed by atoms with Crippen LogP contribution in [0.15, 0.2) is 42.5 Å². The molecule has 0 unspecified atom stereocenters. The summed E-state index contributed by atoms with van der Waals surface area (Å²) in [5.74, 6) is 0.0693. The van der Waals surface area contributed by atoms with Crippen LogP contribution >= 0.6 is 11.3 Å². The molecule has 2 heterocycles. The van der Waals surface area contributed by atoms with Crippen molar-refractivity contribution in [2.45, 2.75) is 12.8 Å². The molecule has 0 spiro atoms. The van der Waals surface area contributed by atoms with Crippen molar-refractivity contribution in [2.24, 2.45) is 0 Å². The van der Waals surface area contributed by atoms with Crippen LogP contribution in [0, 0.1) is 0 Å². The second-order valence-electron chi connectivity index (χ2n) is 7.97. The number of carbonyl (C=O) groups is 3. The maximum absolute atomic E-state index is 12.8. The molecular formula is C24H26N4O4S. The highest BCUT2D eigenvalue weighted by atomic mass is 32.1. The zero-order valence-electron chi connectivity index (χ0n) is 18.7. The van der Waals surface area contributed by atoms with E-state index < -0.39 is 0 Å². The van der Waals surface area contributed by atoms with Gasteiger partial charge in [-0.05, 0) is 37.4 Å². The molecule has 1 saturated heterocycles. The first-order valence-electron chi connectivity index (χ1n) is 10.8. The van der Waals surface area contributed by atoms with Crippen molar-refractivity contribution in [2.75, 3.05) is 45.7 Å². The number of carbonyl (C=O) groups excluding carboxylic acids is 3. The Bertz CT molecular complexity index is 1180. The van der Waals surface area contributed by atoms with E-state index in [1.165, 1.54) is 18.4 Å². The molecule has 1 fully saturated rings. The van der Waals surface area contributed by atoms with Gasteiger partial charge in [-0.25, -0.2) is 4.98 Å². The monoisotopic (exact) mass is 466 g/mol. The highest BCUT2D eigenvalue weighted by molar-refractivity contribution is 7.22. The number of thiazole rings is 1. The van der Waals surface area contributed by atoms with Gasteiger partial charge in [-0.2, -0.15) is 0 Å². The number of ether oxygens (including phenoxy) is 1. The van der Waals surface area contributed by atoms with E-state index in [4.69, 9.17) is 4.74 Å². The van der Waals surface area contributed by atoms with Crippen molar-refractivity contribution < 1.29 is 19.1 Å². The Morgan fingerprint density at radius 3 is 2.58 bits per heavy atom. The Labute approximate surface area is 196 Å². The van der Waals surface area contributed by atoms with E-state index in [1.54, 1.807) is 36.4 Å². The summed E-state index contributed by atoms with van der Waals surface area (Å²) in [6.45, 7) is 3.16. The largest absolute Gasteiger partial charge is 0.496 e. The summed E-state index contributed by atoms with van der Waals surface area (Å²) >= 11 is 1.31. The standard InChI is InChI=1S/C24H26N4O4S/c1-27-11-13-28(14-12-27)23(31)16-7-8-18-21(15-16)33-24(25-18)26-22(30)10-9-19(29)17-5-3-4-6-20(17)32-2/h3-8,15H,9-14H2,1-2H3,(H,25,26,30). The molecule has 9 heteroatoms. The van der Waals surface area contributed by atoms with Crippen LogP contribution in [0.1, 0.15) is 33.6 Å². The molecule has 0 saturated carbocycles. The number of hydrogen-bond donors (Lipinski definition) is 1. The van der Waals surface area contributed by atoms with Gasteiger partial charge in [0.25, 0.3) is 5.91 Å². The van der Waals surface area contributed by atoms with E-state index in [2.05, 4.69) is 22.2 Å². The Kier molecular flexibility index (Phi) is 7.00. The number of nitrogens with one attached hydrogen (secondary N) is 1. The van der Waals surface area contributed by atoms with E-state index >= 15 is 0 Å². The number of methoxy groups -OCH3 is 1. The number of hydrogen-bond acceptors (Lipinski definition) is 7. The van der Waals surface area contributed by atoms with Crippen LogP contribution in [0.5, 0.6) is 5.75 Å². The molecule has 8 nitrogen and oxygen atoms in total. The number of anilines is 1. The number of ketones is 1. The molecule has 1 aliphatic rings. The second kappa shape index (κ2) is 10.1. The Morgan fingerprint density at radius 1 is 1.06 bits per heavy atom. The van der Waals surface area contributed by atoms with Crippen LogP contribution in [0.2, 0.25) is 0 Å². The van der Waals surface area contributed by atoms with Crippen LogP contribution in [0.3, 0.4) is 0 Å². The summed E-state index contributed by atoms with van der Waals surface area (Å²) in [6.07, 6.45) is 0.112. The number of benzene rings is 2. The third kappa shape index (κ3) is 5.37. The summed E-state index contributed by atoms with van der Waals surface area (Å²) in [5.41, 5.74) is 1.80. The second-order valence-corrected chi connectivity index (χ2v) is 9.00. The summed E-state index contributed by atoms with van der Waals surface area (Å²) in [7, 11) is 3.56. The molecule has 172 valence electrons. The topological polar surface area (TPSA) is 91.8 Å². The molecular weight excluding hydrogens is 440 g/mol. The summed E-state index contributed by atoms with van der Waals surface area (Å²) < 4.78 is 6.04. The Hall–Kier alpha value is -3.30. The minimum Gasteiger partial charge on any atom is -0.496 e. The minimum atomic E-state index is -0.286. The van der Waals surface area contributed by atoms with E-state index in [-0.39, 0.29) is 30.4 Å². The molecule has 0 radical (unpaired) electrons. The number of amides is 2. The number of Topliss-reactive ketones (excluding diaryl/α,β-unsaturated/α-hetero) is 1. The fourth-order valence-electron chi connectivity index (χ4n) is 3.72. The molecule has 2 amide bonds. The summed E-state index contributed by atoms with van der Waals surface area (Å²) in [4.78, 5) is 46.2. The Balaban J connectivity index is 1.37. The van der Waals surface area contributed by atoms with Crippen molar-refractivity contribution in [1.82, 2.24) is 14.8 Å². The van der Waals surface area contributed by atoms with Gasteiger partial charge in [-0.1, -0.05) is 23.5 Å². The SMILES string of the molecule is COc1ccccc1C(=O)CCC(=O)Nc1nc2ccc(C(=O)N3CCN(C)CC3)cc2s1. The van der Waals surface area contributed by atoms with Crippen molar-refractivity contribution in [3.8, 4) is 5.75 Å². The van der Waals surface area contributed by atoms with Gasteiger partial charge >= 0.3 is 0 Å². The van der Waals surface area contributed by atoms with E-state index in [9.17, 15) is 14.4 Å². The average Bonchev–Trinajstić information content (AvgIpc) is 3.23. The number of nitrogens with zero attached hydrogens (tertiary/aromatic N) is 3. The predicted octanol–water partition coefficient (Wildman–Crippen LogP) is 3.29. The van der Waals surface area contributed by atoms with Gasteiger partial charge in [0.1, 0.15) is 5.75 Å². The molecule has 1 aliphatic heterocycles. The quantitative estimate of drug-likeness (QED) is 0.537. The molecule has 1 N–H and O–H groups in total. The smallest absolute Gasteiger partial charge is 0.253 e. The number of rotatable bonds is 7. The molecule has 4 rings (SSSR count). The number of aromatic nitrogens is 1. The van der Waals surface area contributed by atoms with Crippen LogP contribution in [-0.2, 0) is 4.79 Å². The third-order valence-electron chi connectivity index (χ3n) is 5.66. The summed E-state index contributed by atoms with van der Waals surface area (Å²) in [6, 6.07) is 12.4. The molecule has 0 aliphatic carbocycles. The number of fused-ring (bicyclic) bond motifs is 1. The molecule has 0 atom stereocenters. The maximum Gasteiger partial charge on any atom is 0.253 e. The average molecular weight is 467 g/mol. The highest BCUT2D eigenvalue weighted by Crippen LogP contribution is 2.28. The van der Waals surface area contributed by atoms with Gasteiger partial charge in [0.05, 0.1) is 22.9 Å². The minimum absolute atomic E-state index is 0.0128. The lowest BCUT2D eigenvalue weighted by Crippen LogP contribution is -2.47. The maximum atomic E-state index is 12.8. The van der Waals surface area contributed by atoms with E-state index in [0.717, 1.165) is 23.3 Å². The number of likely N-dealkylation sites (N-methyl/N-ethyl adjacent to an activating group) is 1. The lowest BCUT2D eigenvalue weighted by atomic mass is 10.1.